The second kappa shape index (κ2) is 11.2. The molecule has 0 spiro atoms. The van der Waals surface area contributed by atoms with Gasteiger partial charge < -0.3 is 10.1 Å². The Balaban J connectivity index is 1.73. The van der Waals surface area contributed by atoms with Crippen molar-refractivity contribution in [2.24, 2.45) is 0 Å². The molecular formula is C25H27ClN2O4S. The van der Waals surface area contributed by atoms with Gasteiger partial charge in [-0.25, -0.2) is 8.42 Å². The van der Waals surface area contributed by atoms with Crippen molar-refractivity contribution in [2.45, 2.75) is 24.7 Å². The Kier molecular flexibility index (Phi) is 8.36. The predicted molar refractivity (Wildman–Crippen MR) is 131 cm³/mol. The van der Waals surface area contributed by atoms with Gasteiger partial charge in [0, 0.05) is 6.54 Å². The van der Waals surface area contributed by atoms with Gasteiger partial charge in [-0.05, 0) is 55.7 Å². The lowest BCUT2D eigenvalue weighted by Crippen LogP contribution is -2.41. The van der Waals surface area contributed by atoms with Gasteiger partial charge in [-0.3, -0.25) is 9.10 Å². The molecule has 174 valence electrons. The van der Waals surface area contributed by atoms with Crippen molar-refractivity contribution in [1.82, 2.24) is 5.32 Å². The van der Waals surface area contributed by atoms with Crippen molar-refractivity contribution < 1.29 is 17.9 Å². The molecule has 0 atom stereocenters. The van der Waals surface area contributed by atoms with Crippen molar-refractivity contribution in [3.63, 3.8) is 0 Å². The third-order valence-corrected chi connectivity index (χ3v) is 7.21. The standard InChI is InChI=1S/C25H27ClN2O4S/c1-19-10-12-20(13-11-19)7-6-16-27-25(29)18-28(21-14-15-24(32-2)23(26)17-21)33(30,31)22-8-4-3-5-9-22/h3-5,8-15,17H,6-7,16,18H2,1-2H3,(H,27,29). The number of aryl methyl sites for hydroxylation is 2. The van der Waals surface area contributed by atoms with Gasteiger partial charge in [-0.2, -0.15) is 0 Å². The number of hydrogen-bond acceptors (Lipinski definition) is 4. The van der Waals surface area contributed by atoms with Crippen LogP contribution in [-0.2, 0) is 21.2 Å². The molecule has 0 radical (unpaired) electrons. The van der Waals surface area contributed by atoms with Crippen LogP contribution in [0.1, 0.15) is 17.5 Å². The van der Waals surface area contributed by atoms with Gasteiger partial charge in [0.05, 0.1) is 22.7 Å². The number of halogens is 1. The number of rotatable bonds is 10. The maximum absolute atomic E-state index is 13.3. The van der Waals surface area contributed by atoms with Crippen LogP contribution in [0, 0.1) is 6.92 Å². The summed E-state index contributed by atoms with van der Waals surface area (Å²) in [6, 6.07) is 20.9. The van der Waals surface area contributed by atoms with E-state index < -0.39 is 15.9 Å². The number of ether oxygens (including phenoxy) is 1. The van der Waals surface area contributed by atoms with Crippen LogP contribution in [0.15, 0.2) is 77.7 Å². The van der Waals surface area contributed by atoms with Gasteiger partial charge in [0.25, 0.3) is 10.0 Å². The van der Waals surface area contributed by atoms with Crippen LogP contribution in [0.25, 0.3) is 0 Å². The van der Waals surface area contributed by atoms with E-state index in [-0.39, 0.29) is 22.2 Å². The first-order chi connectivity index (χ1) is 15.8. The van der Waals surface area contributed by atoms with Gasteiger partial charge in [0.1, 0.15) is 12.3 Å². The highest BCUT2D eigenvalue weighted by atomic mass is 35.5. The Bertz CT molecular complexity index is 1180. The summed E-state index contributed by atoms with van der Waals surface area (Å²) in [5.41, 5.74) is 2.67. The van der Waals surface area contributed by atoms with Crippen LogP contribution >= 0.6 is 11.6 Å². The molecular weight excluding hydrogens is 460 g/mol. The quantitative estimate of drug-likeness (QED) is 0.425. The summed E-state index contributed by atoms with van der Waals surface area (Å²) >= 11 is 6.23. The Morgan fingerprint density at radius 2 is 1.73 bits per heavy atom. The number of sulfonamides is 1. The normalized spacial score (nSPS) is 11.1. The maximum Gasteiger partial charge on any atom is 0.264 e. The zero-order valence-corrected chi connectivity index (χ0v) is 20.2. The summed E-state index contributed by atoms with van der Waals surface area (Å²) in [7, 11) is -2.51. The fourth-order valence-corrected chi connectivity index (χ4v) is 4.99. The molecule has 0 aliphatic heterocycles. The molecule has 1 N–H and O–H groups in total. The summed E-state index contributed by atoms with van der Waals surface area (Å²) in [4.78, 5) is 12.8. The molecule has 3 rings (SSSR count). The average Bonchev–Trinajstić information content (AvgIpc) is 2.82. The van der Waals surface area contributed by atoms with E-state index in [0.717, 1.165) is 17.1 Å². The summed E-state index contributed by atoms with van der Waals surface area (Å²) in [6.07, 6.45) is 1.56. The van der Waals surface area contributed by atoms with E-state index in [1.807, 2.05) is 6.92 Å². The number of carbonyl (C=O) groups excluding carboxylic acids is 1. The number of anilines is 1. The molecule has 3 aromatic rings. The fraction of sp³-hybridized carbons (Fsp3) is 0.240. The van der Waals surface area contributed by atoms with Gasteiger partial charge >= 0.3 is 0 Å². The highest BCUT2D eigenvalue weighted by Gasteiger charge is 2.27. The summed E-state index contributed by atoms with van der Waals surface area (Å²) in [6.45, 7) is 2.11. The lowest BCUT2D eigenvalue weighted by atomic mass is 10.1. The minimum Gasteiger partial charge on any atom is -0.495 e. The van der Waals surface area contributed by atoms with E-state index in [2.05, 4.69) is 29.6 Å². The molecule has 0 aliphatic rings. The van der Waals surface area contributed by atoms with E-state index in [1.165, 1.54) is 36.4 Å². The first-order valence-corrected chi connectivity index (χ1v) is 12.4. The highest BCUT2D eigenvalue weighted by Crippen LogP contribution is 2.31. The maximum atomic E-state index is 13.3. The third kappa shape index (κ3) is 6.49. The second-order valence-corrected chi connectivity index (χ2v) is 9.85. The Morgan fingerprint density at radius 1 is 1.03 bits per heavy atom. The van der Waals surface area contributed by atoms with Gasteiger partial charge in [-0.15, -0.1) is 0 Å². The zero-order valence-electron chi connectivity index (χ0n) is 18.6. The molecule has 33 heavy (non-hydrogen) atoms. The molecule has 0 fully saturated rings. The minimum atomic E-state index is -3.99. The monoisotopic (exact) mass is 486 g/mol. The Morgan fingerprint density at radius 3 is 2.36 bits per heavy atom. The van der Waals surface area contributed by atoms with Crippen LogP contribution in [0.4, 0.5) is 5.69 Å². The van der Waals surface area contributed by atoms with Crippen molar-refractivity contribution in [1.29, 1.82) is 0 Å². The fourth-order valence-electron chi connectivity index (χ4n) is 3.31. The molecule has 1 amide bonds. The number of methoxy groups -OCH3 is 1. The van der Waals surface area contributed by atoms with E-state index in [9.17, 15) is 13.2 Å². The second-order valence-electron chi connectivity index (χ2n) is 7.58. The number of amides is 1. The highest BCUT2D eigenvalue weighted by molar-refractivity contribution is 7.92. The summed E-state index contributed by atoms with van der Waals surface area (Å²) in [5.74, 6) is 0.0170. The molecule has 0 heterocycles. The number of nitrogens with one attached hydrogen (secondary N) is 1. The molecule has 0 unspecified atom stereocenters. The largest absolute Gasteiger partial charge is 0.495 e. The smallest absolute Gasteiger partial charge is 0.264 e. The van der Waals surface area contributed by atoms with Crippen LogP contribution in [0.3, 0.4) is 0 Å². The van der Waals surface area contributed by atoms with Crippen LogP contribution in [0.2, 0.25) is 5.02 Å². The molecule has 6 nitrogen and oxygen atoms in total. The first-order valence-electron chi connectivity index (χ1n) is 10.5. The van der Waals surface area contributed by atoms with Gasteiger partial charge in [0.2, 0.25) is 5.91 Å². The van der Waals surface area contributed by atoms with Crippen LogP contribution in [0.5, 0.6) is 5.75 Å². The SMILES string of the molecule is COc1ccc(N(CC(=O)NCCCc2ccc(C)cc2)S(=O)(=O)c2ccccc2)cc1Cl. The Labute approximate surface area is 200 Å². The van der Waals surface area contributed by atoms with Crippen molar-refractivity contribution in [3.8, 4) is 5.75 Å². The number of hydrogen-bond donors (Lipinski definition) is 1. The van der Waals surface area contributed by atoms with E-state index >= 15 is 0 Å². The molecule has 3 aromatic carbocycles. The summed E-state index contributed by atoms with van der Waals surface area (Å²) in [5, 5.41) is 3.07. The topological polar surface area (TPSA) is 75.7 Å². The molecule has 0 saturated heterocycles. The average molecular weight is 487 g/mol. The van der Waals surface area contributed by atoms with Crippen LogP contribution < -0.4 is 14.4 Å². The first kappa shape index (κ1) is 24.6. The van der Waals surface area contributed by atoms with Crippen molar-refractivity contribution >= 4 is 33.2 Å². The molecule has 0 aromatic heterocycles. The molecule has 8 heteroatoms. The zero-order chi connectivity index (χ0) is 23.8. The number of carbonyl (C=O) groups is 1. The predicted octanol–water partition coefficient (Wildman–Crippen LogP) is 4.60. The van der Waals surface area contributed by atoms with Crippen molar-refractivity contribution in [3.05, 3.63) is 88.9 Å². The number of benzene rings is 3. The summed E-state index contributed by atoms with van der Waals surface area (Å²) < 4.78 is 32.9. The molecule has 0 aliphatic carbocycles. The van der Waals surface area contributed by atoms with E-state index in [4.69, 9.17) is 16.3 Å². The minimum absolute atomic E-state index is 0.0871. The lowest BCUT2D eigenvalue weighted by Gasteiger charge is -2.24. The van der Waals surface area contributed by atoms with Gasteiger partial charge in [-0.1, -0.05) is 59.6 Å². The van der Waals surface area contributed by atoms with Crippen LogP contribution in [-0.4, -0.2) is 34.5 Å². The van der Waals surface area contributed by atoms with Gasteiger partial charge in [0.15, 0.2) is 0 Å². The molecule has 0 bridgehead atoms. The Hall–Kier alpha value is -3.03. The molecule has 0 saturated carbocycles. The van der Waals surface area contributed by atoms with E-state index in [0.29, 0.717) is 12.3 Å². The third-order valence-electron chi connectivity index (χ3n) is 5.13. The van der Waals surface area contributed by atoms with Crippen molar-refractivity contribution in [2.75, 3.05) is 24.5 Å². The van der Waals surface area contributed by atoms with E-state index in [1.54, 1.807) is 30.3 Å². The lowest BCUT2D eigenvalue weighted by molar-refractivity contribution is -0.119. The number of nitrogens with zero attached hydrogens (tertiary/aromatic N) is 1.